The van der Waals surface area contributed by atoms with Crippen molar-refractivity contribution in [2.24, 2.45) is 0 Å². The molecule has 3 rings (SSSR count). The molecular weight excluding hydrogens is 224 g/mol. The van der Waals surface area contributed by atoms with Crippen molar-refractivity contribution in [2.45, 2.75) is 57.3 Å². The molecule has 0 radical (unpaired) electrons. The number of nitrogens with zero attached hydrogens (tertiary/aromatic N) is 3. The zero-order valence-electron chi connectivity index (χ0n) is 11.3. The Kier molecular flexibility index (Phi) is 3.31. The highest BCUT2D eigenvalue weighted by Gasteiger charge is 2.40. The second-order valence-corrected chi connectivity index (χ2v) is 5.66. The van der Waals surface area contributed by atoms with Crippen LogP contribution in [0.25, 0.3) is 0 Å². The lowest BCUT2D eigenvalue weighted by molar-refractivity contribution is 0.110. The Morgan fingerprint density at radius 1 is 1.22 bits per heavy atom. The van der Waals surface area contributed by atoms with Gasteiger partial charge in [-0.2, -0.15) is 0 Å². The third-order valence-corrected chi connectivity index (χ3v) is 4.47. The molecule has 4 heteroatoms. The summed E-state index contributed by atoms with van der Waals surface area (Å²) in [6.07, 6.45) is 9.07. The van der Waals surface area contributed by atoms with E-state index in [0.717, 1.165) is 30.0 Å². The Morgan fingerprint density at radius 3 is 2.50 bits per heavy atom. The first kappa shape index (κ1) is 12.1. The fourth-order valence-electron chi connectivity index (χ4n) is 3.46. The molecule has 2 fully saturated rings. The van der Waals surface area contributed by atoms with Crippen molar-refractivity contribution in [1.29, 1.82) is 0 Å². The number of hydrogen-bond acceptors (Lipinski definition) is 4. The van der Waals surface area contributed by atoms with Crippen molar-refractivity contribution < 1.29 is 0 Å². The van der Waals surface area contributed by atoms with Gasteiger partial charge in [0.1, 0.15) is 0 Å². The molecule has 0 aromatic carbocycles. The Hall–Kier alpha value is -1.00. The third-order valence-electron chi connectivity index (χ3n) is 4.47. The predicted molar refractivity (Wildman–Crippen MR) is 71.2 cm³/mol. The zero-order chi connectivity index (χ0) is 12.5. The number of fused-ring (bicyclic) bond motifs is 2. The summed E-state index contributed by atoms with van der Waals surface area (Å²) in [5, 5.41) is 3.44. The van der Waals surface area contributed by atoms with Crippen LogP contribution in [0, 0.1) is 6.92 Å². The minimum Gasteiger partial charge on any atom is -0.317 e. The number of aryl methyl sites for hydroxylation is 1. The smallest absolute Gasteiger partial charge is 0.0727 e. The zero-order valence-corrected chi connectivity index (χ0v) is 11.3. The Balaban J connectivity index is 1.69. The van der Waals surface area contributed by atoms with Crippen LogP contribution in [0.5, 0.6) is 0 Å². The monoisotopic (exact) mass is 246 g/mol. The SMILES string of the molecule is CNC1CC2CCC(C1)N2Cc1cnc(C)cn1. The first-order chi connectivity index (χ1) is 8.76. The van der Waals surface area contributed by atoms with Gasteiger partial charge in [-0.05, 0) is 39.7 Å². The van der Waals surface area contributed by atoms with Crippen molar-refractivity contribution >= 4 is 0 Å². The van der Waals surface area contributed by atoms with Crippen LogP contribution in [-0.4, -0.2) is 40.0 Å². The molecule has 0 spiro atoms. The van der Waals surface area contributed by atoms with Gasteiger partial charge in [0.25, 0.3) is 0 Å². The van der Waals surface area contributed by atoms with Gasteiger partial charge in [-0.3, -0.25) is 14.9 Å². The van der Waals surface area contributed by atoms with E-state index in [2.05, 4.69) is 27.2 Å². The Bertz CT molecular complexity index is 389. The van der Waals surface area contributed by atoms with Gasteiger partial charge in [0.05, 0.1) is 11.4 Å². The first-order valence-electron chi connectivity index (χ1n) is 6.97. The number of hydrogen-bond donors (Lipinski definition) is 1. The third kappa shape index (κ3) is 2.27. The van der Waals surface area contributed by atoms with E-state index in [1.165, 1.54) is 25.7 Å². The van der Waals surface area contributed by atoms with E-state index in [9.17, 15) is 0 Å². The minimum absolute atomic E-state index is 0.711. The highest BCUT2D eigenvalue weighted by atomic mass is 15.2. The van der Waals surface area contributed by atoms with E-state index in [1.54, 1.807) is 0 Å². The summed E-state index contributed by atoms with van der Waals surface area (Å²) < 4.78 is 0. The molecule has 2 unspecified atom stereocenters. The molecule has 0 aliphatic carbocycles. The maximum absolute atomic E-state index is 4.49. The molecule has 4 nitrogen and oxygen atoms in total. The largest absolute Gasteiger partial charge is 0.317 e. The Labute approximate surface area is 109 Å². The first-order valence-corrected chi connectivity index (χ1v) is 6.97. The summed E-state index contributed by atoms with van der Waals surface area (Å²) in [6, 6.07) is 2.19. The van der Waals surface area contributed by atoms with Gasteiger partial charge in [-0.15, -0.1) is 0 Å². The average molecular weight is 246 g/mol. The van der Waals surface area contributed by atoms with Crippen molar-refractivity contribution in [1.82, 2.24) is 20.2 Å². The standard InChI is InChI=1S/C14H22N4/c1-10-7-17-12(8-16-10)9-18-13-3-4-14(18)6-11(5-13)15-2/h7-8,11,13-15H,3-6,9H2,1-2H3. The lowest BCUT2D eigenvalue weighted by atomic mass is 9.97. The average Bonchev–Trinajstić information content (AvgIpc) is 2.63. The van der Waals surface area contributed by atoms with E-state index >= 15 is 0 Å². The normalized spacial score (nSPS) is 31.8. The molecule has 2 aliphatic heterocycles. The van der Waals surface area contributed by atoms with Crippen LogP contribution in [0.4, 0.5) is 0 Å². The molecule has 18 heavy (non-hydrogen) atoms. The summed E-state index contributed by atoms with van der Waals surface area (Å²) in [5.74, 6) is 0. The van der Waals surface area contributed by atoms with E-state index in [1.807, 2.05) is 19.3 Å². The summed E-state index contributed by atoms with van der Waals surface area (Å²) in [7, 11) is 2.09. The Morgan fingerprint density at radius 2 is 1.94 bits per heavy atom. The number of aromatic nitrogens is 2. The van der Waals surface area contributed by atoms with E-state index in [4.69, 9.17) is 0 Å². The van der Waals surface area contributed by atoms with Crippen LogP contribution in [-0.2, 0) is 6.54 Å². The molecule has 2 saturated heterocycles. The van der Waals surface area contributed by atoms with Gasteiger partial charge in [-0.25, -0.2) is 0 Å². The fraction of sp³-hybridized carbons (Fsp3) is 0.714. The lowest BCUT2D eigenvalue weighted by Gasteiger charge is -2.38. The number of rotatable bonds is 3. The quantitative estimate of drug-likeness (QED) is 0.877. The summed E-state index contributed by atoms with van der Waals surface area (Å²) in [5.41, 5.74) is 2.11. The number of nitrogens with one attached hydrogen (secondary N) is 1. The fourth-order valence-corrected chi connectivity index (χ4v) is 3.46. The van der Waals surface area contributed by atoms with Crippen LogP contribution in [0.15, 0.2) is 12.4 Å². The van der Waals surface area contributed by atoms with Gasteiger partial charge >= 0.3 is 0 Å². The summed E-state index contributed by atoms with van der Waals surface area (Å²) >= 11 is 0. The van der Waals surface area contributed by atoms with Gasteiger partial charge in [0.15, 0.2) is 0 Å². The highest BCUT2D eigenvalue weighted by Crippen LogP contribution is 2.36. The topological polar surface area (TPSA) is 41.0 Å². The van der Waals surface area contributed by atoms with Crippen molar-refractivity contribution in [2.75, 3.05) is 7.05 Å². The predicted octanol–water partition coefficient (Wildman–Crippen LogP) is 1.50. The van der Waals surface area contributed by atoms with Gasteiger partial charge < -0.3 is 5.32 Å². The molecule has 2 aliphatic rings. The molecule has 2 bridgehead atoms. The second kappa shape index (κ2) is 4.94. The van der Waals surface area contributed by atoms with Gasteiger partial charge in [0, 0.05) is 37.1 Å². The molecule has 1 aromatic rings. The van der Waals surface area contributed by atoms with Crippen molar-refractivity contribution in [3.63, 3.8) is 0 Å². The van der Waals surface area contributed by atoms with Crippen LogP contribution >= 0.6 is 0 Å². The van der Waals surface area contributed by atoms with E-state index < -0.39 is 0 Å². The minimum atomic E-state index is 0.711. The van der Waals surface area contributed by atoms with Crippen LogP contribution in [0.3, 0.4) is 0 Å². The second-order valence-electron chi connectivity index (χ2n) is 5.66. The van der Waals surface area contributed by atoms with Crippen LogP contribution < -0.4 is 5.32 Å². The molecular formula is C14H22N4. The van der Waals surface area contributed by atoms with Gasteiger partial charge in [-0.1, -0.05) is 0 Å². The number of piperidine rings is 1. The van der Waals surface area contributed by atoms with Gasteiger partial charge in [0.2, 0.25) is 0 Å². The summed E-state index contributed by atoms with van der Waals surface area (Å²) in [4.78, 5) is 11.5. The molecule has 98 valence electrons. The van der Waals surface area contributed by atoms with Crippen molar-refractivity contribution in [3.8, 4) is 0 Å². The highest BCUT2D eigenvalue weighted by molar-refractivity contribution is 5.04. The van der Waals surface area contributed by atoms with Crippen LogP contribution in [0.2, 0.25) is 0 Å². The molecule has 1 N–H and O–H groups in total. The molecule has 2 atom stereocenters. The molecule has 0 saturated carbocycles. The molecule has 3 heterocycles. The summed E-state index contributed by atoms with van der Waals surface area (Å²) in [6.45, 7) is 2.96. The molecule has 1 aromatic heterocycles. The van der Waals surface area contributed by atoms with Crippen LogP contribution in [0.1, 0.15) is 37.1 Å². The maximum Gasteiger partial charge on any atom is 0.0727 e. The van der Waals surface area contributed by atoms with E-state index in [0.29, 0.717) is 6.04 Å². The van der Waals surface area contributed by atoms with E-state index in [-0.39, 0.29) is 0 Å². The van der Waals surface area contributed by atoms with Crippen molar-refractivity contribution in [3.05, 3.63) is 23.8 Å². The maximum atomic E-state index is 4.49. The lowest BCUT2D eigenvalue weighted by Crippen LogP contribution is -2.47. The molecule has 0 amide bonds.